The normalized spacial score (nSPS) is 12.0. The number of benzene rings is 13. The van der Waals surface area contributed by atoms with Gasteiger partial charge in [0.15, 0.2) is 0 Å². The first kappa shape index (κ1) is 38.8. The van der Waals surface area contributed by atoms with Crippen molar-refractivity contribution in [3.8, 4) is 27.9 Å². The summed E-state index contributed by atoms with van der Waals surface area (Å²) in [4.78, 5) is 2.48. The van der Waals surface area contributed by atoms with Gasteiger partial charge in [-0.05, 0) is 158 Å². The molecule has 0 saturated heterocycles. The first-order valence-corrected chi connectivity index (χ1v) is 24.2. The molecule has 1 aromatic heterocycles. The Kier molecular flexibility index (Phi) is 8.39. The highest BCUT2D eigenvalue weighted by molar-refractivity contribution is 6.37. The molecule has 2 nitrogen and oxygen atoms in total. The average Bonchev–Trinajstić information content (AvgIpc) is 3.77. The minimum atomic E-state index is 1.09. The van der Waals surface area contributed by atoms with Crippen LogP contribution in [0.4, 0.5) is 17.1 Å². The SMILES string of the molecule is c1ccc(-n2c3ccccc3c3c(-c4cccc(N(c5ccc(-c6cccc7ccccc67)cc5)c5cc6ccc7cccc8c9cccc%10ccc%11cccc(c(c5)c6c78)c%11c%109)c4)cccc32)cc1. The van der Waals surface area contributed by atoms with Crippen molar-refractivity contribution in [2.45, 2.75) is 0 Å². The minimum Gasteiger partial charge on any atom is -0.310 e. The summed E-state index contributed by atoms with van der Waals surface area (Å²) in [6.07, 6.45) is 0. The van der Waals surface area contributed by atoms with E-state index in [2.05, 4.69) is 264 Å². The molecule has 0 aliphatic rings. The van der Waals surface area contributed by atoms with Gasteiger partial charge in [-0.25, -0.2) is 0 Å². The summed E-state index contributed by atoms with van der Waals surface area (Å²) in [6, 6.07) is 94.6. The van der Waals surface area contributed by atoms with Gasteiger partial charge in [-0.3, -0.25) is 0 Å². The Labute approximate surface area is 404 Å². The molecule has 324 valence electrons. The third-order valence-electron chi connectivity index (χ3n) is 15.0. The summed E-state index contributed by atoms with van der Waals surface area (Å²) in [7, 11) is 0. The fourth-order valence-electron chi connectivity index (χ4n) is 12.0. The molecule has 0 radical (unpaired) electrons. The second kappa shape index (κ2) is 15.1. The lowest BCUT2D eigenvalue weighted by molar-refractivity contribution is 1.18. The fraction of sp³-hybridized carbons (Fsp3) is 0. The van der Waals surface area contributed by atoms with Crippen molar-refractivity contribution in [2.24, 2.45) is 0 Å². The zero-order chi connectivity index (χ0) is 45.9. The van der Waals surface area contributed by atoms with Crippen LogP contribution in [0.1, 0.15) is 0 Å². The van der Waals surface area contributed by atoms with Gasteiger partial charge in [0.1, 0.15) is 0 Å². The monoisotopic (exact) mass is 886 g/mol. The van der Waals surface area contributed by atoms with Crippen LogP contribution in [0, 0.1) is 0 Å². The standard InChI is InChI=1S/C68H42N2/c1-2-20-50(21-3-1)70-62-30-7-6-24-60(62)68-56(26-13-31-63(68)70)48-19-8-22-52(40-48)69(51-38-36-44(37-39-51)55-25-9-15-43-14-4-5-23-54(43)55)53-41-49-35-34-47-17-11-28-58-57-27-10-16-45-32-33-46-18-12-29-59(66(46)64(45)57)61(42-53)67(49)65(47)58/h1-42H. The molecule has 15 rings (SSSR count). The van der Waals surface area contributed by atoms with Crippen LogP contribution in [-0.2, 0) is 0 Å². The molecule has 0 aliphatic carbocycles. The quantitative estimate of drug-likeness (QED) is 0.151. The molecular weight excluding hydrogens is 845 g/mol. The second-order valence-corrected chi connectivity index (χ2v) is 18.8. The van der Waals surface area contributed by atoms with Gasteiger partial charge in [0.25, 0.3) is 0 Å². The molecule has 0 fully saturated rings. The summed E-state index contributed by atoms with van der Waals surface area (Å²) in [5.41, 5.74) is 11.6. The van der Waals surface area contributed by atoms with Crippen LogP contribution in [0.3, 0.4) is 0 Å². The molecule has 0 saturated carbocycles. The van der Waals surface area contributed by atoms with Crippen LogP contribution in [-0.4, -0.2) is 4.57 Å². The van der Waals surface area contributed by atoms with Gasteiger partial charge in [0.2, 0.25) is 0 Å². The number of rotatable bonds is 6. The van der Waals surface area contributed by atoms with E-state index in [9.17, 15) is 0 Å². The highest BCUT2D eigenvalue weighted by Gasteiger charge is 2.22. The van der Waals surface area contributed by atoms with Crippen LogP contribution in [0.25, 0.3) is 125 Å². The molecular formula is C68H42N2. The first-order valence-electron chi connectivity index (χ1n) is 24.2. The topological polar surface area (TPSA) is 8.17 Å². The van der Waals surface area contributed by atoms with Gasteiger partial charge in [-0.15, -0.1) is 0 Å². The summed E-state index contributed by atoms with van der Waals surface area (Å²) < 4.78 is 2.40. The van der Waals surface area contributed by atoms with Crippen molar-refractivity contribution >= 4 is 114 Å². The Hall–Kier alpha value is -9.24. The number of fused-ring (bicyclic) bond motifs is 6. The van der Waals surface area contributed by atoms with E-state index in [0.29, 0.717) is 0 Å². The number of hydrogen-bond acceptors (Lipinski definition) is 1. The Balaban J connectivity index is 1.01. The van der Waals surface area contributed by atoms with Crippen molar-refractivity contribution in [3.05, 3.63) is 255 Å². The smallest absolute Gasteiger partial charge is 0.0547 e. The maximum atomic E-state index is 2.48. The molecule has 0 aliphatic heterocycles. The van der Waals surface area contributed by atoms with E-state index in [1.54, 1.807) is 0 Å². The Morgan fingerprint density at radius 2 is 0.771 bits per heavy atom. The van der Waals surface area contributed by atoms with Crippen LogP contribution >= 0.6 is 0 Å². The zero-order valence-electron chi connectivity index (χ0n) is 38.1. The molecule has 0 amide bonds. The predicted molar refractivity (Wildman–Crippen MR) is 300 cm³/mol. The van der Waals surface area contributed by atoms with Crippen molar-refractivity contribution in [2.75, 3.05) is 4.90 Å². The number of hydrogen-bond donors (Lipinski definition) is 0. The lowest BCUT2D eigenvalue weighted by atomic mass is 9.87. The van der Waals surface area contributed by atoms with Crippen molar-refractivity contribution in [1.82, 2.24) is 4.57 Å². The molecule has 14 aromatic carbocycles. The third-order valence-corrected chi connectivity index (χ3v) is 15.0. The summed E-state index contributed by atoms with van der Waals surface area (Å²) in [6.45, 7) is 0. The number of aromatic nitrogens is 1. The summed E-state index contributed by atoms with van der Waals surface area (Å²) >= 11 is 0. The van der Waals surface area contributed by atoms with E-state index >= 15 is 0 Å². The highest BCUT2D eigenvalue weighted by atomic mass is 15.1. The second-order valence-electron chi connectivity index (χ2n) is 18.8. The maximum absolute atomic E-state index is 2.48. The lowest BCUT2D eigenvalue weighted by Gasteiger charge is -2.27. The molecule has 0 N–H and O–H groups in total. The molecule has 2 heteroatoms. The zero-order valence-corrected chi connectivity index (χ0v) is 38.1. The van der Waals surface area contributed by atoms with Gasteiger partial charge in [0, 0.05) is 33.5 Å². The van der Waals surface area contributed by atoms with Crippen molar-refractivity contribution < 1.29 is 0 Å². The molecule has 15 aromatic rings. The number of para-hydroxylation sites is 2. The summed E-state index contributed by atoms with van der Waals surface area (Å²) in [5, 5.41) is 20.2. The average molecular weight is 887 g/mol. The molecule has 0 spiro atoms. The minimum absolute atomic E-state index is 1.09. The Morgan fingerprint density at radius 1 is 0.243 bits per heavy atom. The Morgan fingerprint density at radius 3 is 1.51 bits per heavy atom. The molecule has 0 atom stereocenters. The number of nitrogens with zero attached hydrogens (tertiary/aromatic N) is 2. The maximum Gasteiger partial charge on any atom is 0.0547 e. The van der Waals surface area contributed by atoms with E-state index in [1.807, 2.05) is 0 Å². The van der Waals surface area contributed by atoms with Crippen LogP contribution in [0.2, 0.25) is 0 Å². The lowest BCUT2D eigenvalue weighted by Crippen LogP contribution is -2.10. The highest BCUT2D eigenvalue weighted by Crippen LogP contribution is 2.48. The van der Waals surface area contributed by atoms with E-state index in [-0.39, 0.29) is 0 Å². The molecule has 0 unspecified atom stereocenters. The predicted octanol–water partition coefficient (Wildman–Crippen LogP) is 19.1. The van der Waals surface area contributed by atoms with Crippen LogP contribution in [0.15, 0.2) is 255 Å². The number of anilines is 3. The van der Waals surface area contributed by atoms with Crippen LogP contribution in [0.5, 0.6) is 0 Å². The van der Waals surface area contributed by atoms with Gasteiger partial charge < -0.3 is 9.47 Å². The van der Waals surface area contributed by atoms with Crippen molar-refractivity contribution in [3.63, 3.8) is 0 Å². The molecule has 70 heavy (non-hydrogen) atoms. The van der Waals surface area contributed by atoms with E-state index < -0.39 is 0 Å². The molecule has 0 bridgehead atoms. The van der Waals surface area contributed by atoms with Gasteiger partial charge >= 0.3 is 0 Å². The fourth-order valence-corrected chi connectivity index (χ4v) is 12.0. The molecule has 1 heterocycles. The van der Waals surface area contributed by atoms with Crippen LogP contribution < -0.4 is 4.90 Å². The van der Waals surface area contributed by atoms with E-state index in [4.69, 9.17) is 0 Å². The summed E-state index contributed by atoms with van der Waals surface area (Å²) in [5.74, 6) is 0. The largest absolute Gasteiger partial charge is 0.310 e. The van der Waals surface area contributed by atoms with E-state index in [0.717, 1.165) is 28.3 Å². The van der Waals surface area contributed by atoms with Crippen molar-refractivity contribution in [1.29, 1.82) is 0 Å². The van der Waals surface area contributed by atoms with Gasteiger partial charge in [-0.2, -0.15) is 0 Å². The third kappa shape index (κ3) is 5.74. The van der Waals surface area contributed by atoms with Gasteiger partial charge in [-0.1, -0.05) is 194 Å². The van der Waals surface area contributed by atoms with Gasteiger partial charge in [0.05, 0.1) is 11.0 Å². The Bertz CT molecular complexity index is 4570. The first-order chi connectivity index (χ1) is 34.7. The van der Waals surface area contributed by atoms with E-state index in [1.165, 1.54) is 114 Å².